The molecular formula is C45H31N3. The molecule has 3 nitrogen and oxygen atoms in total. The van der Waals surface area contributed by atoms with Crippen molar-refractivity contribution in [1.82, 2.24) is 15.0 Å². The number of hydrogen-bond acceptors (Lipinski definition) is 3. The highest BCUT2D eigenvalue weighted by molar-refractivity contribution is 6.25. The second kappa shape index (κ2) is 11.9. The van der Waals surface area contributed by atoms with Crippen LogP contribution in [0.25, 0.3) is 83.2 Å². The summed E-state index contributed by atoms with van der Waals surface area (Å²) in [6.07, 6.45) is 8.90. The predicted octanol–water partition coefficient (Wildman–Crippen LogP) is 11.7. The maximum Gasteiger partial charge on any atom is 0.164 e. The molecule has 1 aliphatic carbocycles. The molecular weight excluding hydrogens is 583 g/mol. The molecule has 0 saturated heterocycles. The van der Waals surface area contributed by atoms with Crippen molar-refractivity contribution < 1.29 is 0 Å². The van der Waals surface area contributed by atoms with Gasteiger partial charge in [-0.3, -0.25) is 0 Å². The van der Waals surface area contributed by atoms with Gasteiger partial charge in [0.05, 0.1) is 0 Å². The van der Waals surface area contributed by atoms with E-state index in [9.17, 15) is 0 Å². The first-order valence-corrected chi connectivity index (χ1v) is 16.5. The lowest BCUT2D eigenvalue weighted by atomic mass is 9.92. The number of aromatic nitrogens is 3. The number of nitrogens with zero attached hydrogens (tertiary/aromatic N) is 3. The number of benzene rings is 7. The molecule has 0 spiro atoms. The Morgan fingerprint density at radius 3 is 1.44 bits per heavy atom. The number of rotatable bonds is 5. The van der Waals surface area contributed by atoms with Gasteiger partial charge in [-0.05, 0) is 85.6 Å². The summed E-state index contributed by atoms with van der Waals surface area (Å²) in [6.45, 7) is 0. The molecule has 0 bridgehead atoms. The summed E-state index contributed by atoms with van der Waals surface area (Å²) in [6, 6.07) is 51.5. The molecule has 0 radical (unpaired) electrons. The van der Waals surface area contributed by atoms with Crippen molar-refractivity contribution >= 4 is 37.9 Å². The summed E-state index contributed by atoms with van der Waals surface area (Å²) in [5.41, 5.74) is 7.57. The topological polar surface area (TPSA) is 38.7 Å². The van der Waals surface area contributed by atoms with Crippen molar-refractivity contribution in [2.24, 2.45) is 0 Å². The Kier molecular flexibility index (Phi) is 6.94. The lowest BCUT2D eigenvalue weighted by Crippen LogP contribution is -2.00. The number of hydrogen-bond donors (Lipinski definition) is 0. The van der Waals surface area contributed by atoms with Gasteiger partial charge in [-0.2, -0.15) is 0 Å². The van der Waals surface area contributed by atoms with Crippen LogP contribution < -0.4 is 0 Å². The van der Waals surface area contributed by atoms with Gasteiger partial charge >= 0.3 is 0 Å². The molecule has 8 aromatic rings. The molecule has 0 aliphatic heterocycles. The van der Waals surface area contributed by atoms with Gasteiger partial charge in [0, 0.05) is 16.7 Å². The summed E-state index contributed by atoms with van der Waals surface area (Å²) >= 11 is 0. The lowest BCUT2D eigenvalue weighted by Gasteiger charge is -2.13. The summed E-state index contributed by atoms with van der Waals surface area (Å²) in [4.78, 5) is 15.1. The van der Waals surface area contributed by atoms with Crippen LogP contribution in [0.15, 0.2) is 164 Å². The Bertz CT molecular complexity index is 2530. The lowest BCUT2D eigenvalue weighted by molar-refractivity contribution is 1.04. The molecule has 7 aromatic carbocycles. The molecule has 0 N–H and O–H groups in total. The molecule has 48 heavy (non-hydrogen) atoms. The van der Waals surface area contributed by atoms with Crippen molar-refractivity contribution in [2.45, 2.75) is 12.8 Å². The van der Waals surface area contributed by atoms with Crippen LogP contribution in [-0.4, -0.2) is 15.0 Å². The van der Waals surface area contributed by atoms with Crippen molar-refractivity contribution in [1.29, 1.82) is 0 Å². The summed E-state index contributed by atoms with van der Waals surface area (Å²) in [7, 11) is 0. The Labute approximate surface area is 279 Å². The fraction of sp³-hybridized carbons (Fsp3) is 0.0444. The van der Waals surface area contributed by atoms with E-state index in [0.717, 1.165) is 40.7 Å². The number of allylic oxidation sites excluding steroid dienone is 4. The van der Waals surface area contributed by atoms with Crippen LogP contribution in [0.1, 0.15) is 18.4 Å². The summed E-state index contributed by atoms with van der Waals surface area (Å²) in [5, 5.41) is 7.62. The standard InChI is InChI=1S/C45H31N3/c1-3-13-30(14-4-1)32-17-11-19-35(27-32)44-46-43(31-15-5-2-6-16-31)47-45(48-44)36-20-12-18-33(28-36)34-25-26-41-39-23-8-7-21-37(39)38-22-9-10-24-40(38)42(41)29-34/h2-3,5-29H,1,4H2. The van der Waals surface area contributed by atoms with E-state index in [0.29, 0.717) is 17.5 Å². The highest BCUT2D eigenvalue weighted by atomic mass is 15.0. The van der Waals surface area contributed by atoms with E-state index < -0.39 is 0 Å². The third-order valence-electron chi connectivity index (χ3n) is 9.31. The molecule has 1 aliphatic rings. The fourth-order valence-corrected chi connectivity index (χ4v) is 6.94. The molecule has 0 saturated carbocycles. The maximum atomic E-state index is 5.09. The fourth-order valence-electron chi connectivity index (χ4n) is 6.94. The molecule has 0 amide bonds. The van der Waals surface area contributed by atoms with Crippen molar-refractivity contribution in [3.8, 4) is 45.3 Å². The minimum atomic E-state index is 0.653. The maximum absolute atomic E-state index is 5.09. The highest BCUT2D eigenvalue weighted by Gasteiger charge is 2.15. The molecule has 0 fully saturated rings. The Balaban J connectivity index is 1.18. The smallest absolute Gasteiger partial charge is 0.164 e. The highest BCUT2D eigenvalue weighted by Crippen LogP contribution is 2.38. The second-order valence-electron chi connectivity index (χ2n) is 12.3. The Morgan fingerprint density at radius 2 is 0.812 bits per heavy atom. The van der Waals surface area contributed by atoms with E-state index in [-0.39, 0.29) is 0 Å². The molecule has 3 heteroatoms. The van der Waals surface area contributed by atoms with Gasteiger partial charge in [0.1, 0.15) is 0 Å². The van der Waals surface area contributed by atoms with Crippen molar-refractivity contribution in [3.63, 3.8) is 0 Å². The van der Waals surface area contributed by atoms with Gasteiger partial charge in [0.15, 0.2) is 17.5 Å². The first-order chi connectivity index (χ1) is 23.8. The van der Waals surface area contributed by atoms with Gasteiger partial charge in [-0.25, -0.2) is 15.0 Å². The average molecular weight is 614 g/mol. The van der Waals surface area contributed by atoms with E-state index in [1.165, 1.54) is 43.5 Å². The predicted molar refractivity (Wildman–Crippen MR) is 200 cm³/mol. The minimum Gasteiger partial charge on any atom is -0.208 e. The first kappa shape index (κ1) is 28.1. The van der Waals surface area contributed by atoms with Crippen LogP contribution in [0.2, 0.25) is 0 Å². The van der Waals surface area contributed by atoms with Crippen LogP contribution in [0, 0.1) is 0 Å². The third kappa shape index (κ3) is 5.06. The second-order valence-corrected chi connectivity index (χ2v) is 12.3. The average Bonchev–Trinajstić information content (AvgIpc) is 3.18. The van der Waals surface area contributed by atoms with Gasteiger partial charge < -0.3 is 0 Å². The monoisotopic (exact) mass is 613 g/mol. The van der Waals surface area contributed by atoms with Gasteiger partial charge in [-0.15, -0.1) is 0 Å². The molecule has 1 heterocycles. The van der Waals surface area contributed by atoms with Crippen LogP contribution in [-0.2, 0) is 0 Å². The van der Waals surface area contributed by atoms with Crippen LogP contribution in [0.5, 0.6) is 0 Å². The summed E-state index contributed by atoms with van der Waals surface area (Å²) < 4.78 is 0. The normalized spacial score (nSPS) is 12.9. The zero-order valence-corrected chi connectivity index (χ0v) is 26.3. The Morgan fingerprint density at radius 1 is 0.333 bits per heavy atom. The molecule has 0 unspecified atom stereocenters. The first-order valence-electron chi connectivity index (χ1n) is 16.5. The van der Waals surface area contributed by atoms with E-state index in [4.69, 9.17) is 15.0 Å². The summed E-state index contributed by atoms with van der Waals surface area (Å²) in [5.74, 6) is 1.97. The van der Waals surface area contributed by atoms with E-state index >= 15 is 0 Å². The van der Waals surface area contributed by atoms with Crippen LogP contribution in [0.3, 0.4) is 0 Å². The SMILES string of the molecule is C1=CC(c2cccc(-c3nc(-c4ccccc4)nc(-c4cccc(-c5ccc6c7ccccc7c7ccccc7c6c5)c4)n3)c2)=CCC1. The Hall–Kier alpha value is -6.19. The van der Waals surface area contributed by atoms with Gasteiger partial charge in [0.2, 0.25) is 0 Å². The molecule has 9 rings (SSSR count). The van der Waals surface area contributed by atoms with Crippen LogP contribution in [0.4, 0.5) is 0 Å². The largest absolute Gasteiger partial charge is 0.208 e. The van der Waals surface area contributed by atoms with Gasteiger partial charge in [-0.1, -0.05) is 146 Å². The van der Waals surface area contributed by atoms with E-state index in [1.807, 2.05) is 18.2 Å². The van der Waals surface area contributed by atoms with Crippen molar-refractivity contribution in [3.05, 3.63) is 169 Å². The molecule has 1 aromatic heterocycles. The van der Waals surface area contributed by atoms with Crippen molar-refractivity contribution in [2.75, 3.05) is 0 Å². The quantitative estimate of drug-likeness (QED) is 0.181. The zero-order chi connectivity index (χ0) is 31.9. The zero-order valence-electron chi connectivity index (χ0n) is 26.3. The minimum absolute atomic E-state index is 0.653. The molecule has 226 valence electrons. The van der Waals surface area contributed by atoms with Gasteiger partial charge in [0.25, 0.3) is 0 Å². The van der Waals surface area contributed by atoms with Crippen LogP contribution >= 0.6 is 0 Å². The third-order valence-corrected chi connectivity index (χ3v) is 9.31. The molecule has 0 atom stereocenters. The van der Waals surface area contributed by atoms with E-state index in [1.54, 1.807) is 0 Å². The number of fused-ring (bicyclic) bond motifs is 6. The van der Waals surface area contributed by atoms with E-state index in [2.05, 4.69) is 146 Å².